The zero-order chi connectivity index (χ0) is 26.1. The Morgan fingerprint density at radius 3 is 2.00 bits per heavy atom. The zero-order valence-electron chi connectivity index (χ0n) is 17.8. The summed E-state index contributed by atoms with van der Waals surface area (Å²) in [7, 11) is 0. The molecule has 0 spiro atoms. The van der Waals surface area contributed by atoms with Crippen LogP contribution in [0.2, 0.25) is 0 Å². The summed E-state index contributed by atoms with van der Waals surface area (Å²) < 4.78 is 5.78. The van der Waals surface area contributed by atoms with Gasteiger partial charge in [0.05, 0.1) is 21.0 Å². The van der Waals surface area contributed by atoms with Crippen molar-refractivity contribution in [1.82, 2.24) is 15.1 Å². The highest BCUT2D eigenvalue weighted by atomic mass is 17.2. The van der Waals surface area contributed by atoms with Gasteiger partial charge in [-0.2, -0.15) is 5.10 Å². The Balaban J connectivity index is 1.57. The number of aliphatic imine (C=N–C) groups is 1. The van der Waals surface area contributed by atoms with Crippen LogP contribution in [0.15, 0.2) is 72.0 Å². The largest absolute Gasteiger partial charge is 0.418 e. The molecule has 0 radical (unpaired) electrons. The van der Waals surface area contributed by atoms with Gasteiger partial charge in [0.2, 0.25) is 12.7 Å². The van der Waals surface area contributed by atoms with Crippen LogP contribution in [-0.2, 0) is 14.5 Å². The third-order valence-corrected chi connectivity index (χ3v) is 4.20. The minimum absolute atomic E-state index is 0.0379. The van der Waals surface area contributed by atoms with Gasteiger partial charge in [-0.3, -0.25) is 30.4 Å². The maximum atomic E-state index is 12.2. The summed E-state index contributed by atoms with van der Waals surface area (Å²) in [5, 5.41) is 27.4. The van der Waals surface area contributed by atoms with Crippen molar-refractivity contribution in [2.24, 2.45) is 4.99 Å². The predicted octanol–water partition coefficient (Wildman–Crippen LogP) is 2.54. The molecule has 1 N–H and O–H groups in total. The Bertz CT molecular complexity index is 1290. The molecule has 1 unspecified atom stereocenters. The van der Waals surface area contributed by atoms with Crippen LogP contribution in [0.25, 0.3) is 0 Å². The summed E-state index contributed by atoms with van der Waals surface area (Å²) in [6.45, 7) is 0. The van der Waals surface area contributed by atoms with Gasteiger partial charge in [-0.1, -0.05) is 0 Å². The maximum Gasteiger partial charge on any atom is 0.418 e. The molecule has 0 aliphatic heterocycles. The number of amides is 1. The molecule has 1 amide bonds. The summed E-state index contributed by atoms with van der Waals surface area (Å²) in [4.78, 5) is 69.2. The Morgan fingerprint density at radius 2 is 1.50 bits per heavy atom. The van der Waals surface area contributed by atoms with Crippen LogP contribution in [0.5, 0.6) is 0 Å². The highest BCUT2D eigenvalue weighted by molar-refractivity contribution is 5.96. The number of carbonyl (C=O) groups excluding carboxylic acids is 3. The molecular formula is C20H14N6O10. The van der Waals surface area contributed by atoms with Crippen LogP contribution in [0.4, 0.5) is 16.2 Å². The number of nitro groups is 2. The number of benzene rings is 2. The zero-order valence-corrected chi connectivity index (χ0v) is 17.8. The van der Waals surface area contributed by atoms with E-state index in [9.17, 15) is 34.6 Å². The average molecular weight is 498 g/mol. The number of nitrogens with one attached hydrogen (secondary N) is 1. The number of esters is 1. The van der Waals surface area contributed by atoms with E-state index in [1.807, 2.05) is 0 Å². The summed E-state index contributed by atoms with van der Waals surface area (Å²) in [6.07, 6.45) is 0.902. The molecule has 0 bridgehead atoms. The van der Waals surface area contributed by atoms with Gasteiger partial charge in [-0.25, -0.2) is 28.9 Å². The van der Waals surface area contributed by atoms with Gasteiger partial charge in [0.25, 0.3) is 11.4 Å². The second kappa shape index (κ2) is 11.5. The number of non-ortho nitro benzene ring substituents is 2. The SMILES string of the molecule is O=C(NC(N=COOC(=O)c1ccc([N+](=O)[O-])cc1)n1cccn1)OC(=O)c1ccc([N+](=O)[O-])cc1. The van der Waals surface area contributed by atoms with Crippen molar-refractivity contribution in [3.8, 4) is 0 Å². The Labute approximate surface area is 199 Å². The van der Waals surface area contributed by atoms with E-state index in [1.54, 1.807) is 0 Å². The van der Waals surface area contributed by atoms with Crippen molar-refractivity contribution in [1.29, 1.82) is 0 Å². The molecule has 0 saturated heterocycles. The highest BCUT2D eigenvalue weighted by Crippen LogP contribution is 2.14. The van der Waals surface area contributed by atoms with Crippen LogP contribution in [-0.4, -0.2) is 44.1 Å². The molecule has 1 atom stereocenters. The molecule has 0 aliphatic rings. The second-order valence-corrected chi connectivity index (χ2v) is 6.51. The molecule has 16 heteroatoms. The average Bonchev–Trinajstić information content (AvgIpc) is 3.40. The Morgan fingerprint density at radius 1 is 0.944 bits per heavy atom. The van der Waals surface area contributed by atoms with Crippen molar-refractivity contribution in [2.45, 2.75) is 6.29 Å². The number of ether oxygens (including phenoxy) is 1. The van der Waals surface area contributed by atoms with Crippen molar-refractivity contribution < 1.29 is 38.7 Å². The Kier molecular flexibility index (Phi) is 7.94. The van der Waals surface area contributed by atoms with Crippen LogP contribution in [0, 0.1) is 20.2 Å². The van der Waals surface area contributed by atoms with E-state index in [1.165, 1.54) is 18.5 Å². The molecular weight excluding hydrogens is 484 g/mol. The number of hydrogen-bond donors (Lipinski definition) is 1. The van der Waals surface area contributed by atoms with Crippen LogP contribution in [0.3, 0.4) is 0 Å². The van der Waals surface area contributed by atoms with Gasteiger partial charge in [0, 0.05) is 36.7 Å². The van der Waals surface area contributed by atoms with E-state index in [0.29, 0.717) is 6.40 Å². The topological polar surface area (TPSA) is 207 Å². The quantitative estimate of drug-likeness (QED) is 0.0862. The van der Waals surface area contributed by atoms with Crippen LogP contribution >= 0.6 is 0 Å². The molecule has 0 fully saturated rings. The van der Waals surface area contributed by atoms with Crippen LogP contribution < -0.4 is 5.32 Å². The molecule has 3 rings (SSSR count). The standard InChI is InChI=1S/C20H14N6O10/c27-17(13-2-6-15(7-3-13)25(30)31)35-20(29)23-19(24-11-1-10-22-24)21-12-34-36-18(28)14-4-8-16(9-5-14)26(32)33/h1-12,19H,(H,23,29). The Hall–Kier alpha value is -5.67. The lowest BCUT2D eigenvalue weighted by atomic mass is 10.2. The van der Waals surface area contributed by atoms with Crippen LogP contribution in [0.1, 0.15) is 27.0 Å². The number of alkyl carbamates (subject to hydrolysis) is 1. The van der Waals surface area contributed by atoms with Gasteiger partial charge < -0.3 is 4.74 Å². The summed E-state index contributed by atoms with van der Waals surface area (Å²) >= 11 is 0. The summed E-state index contributed by atoms with van der Waals surface area (Å²) in [5.74, 6) is -2.06. The minimum Gasteiger partial charge on any atom is -0.372 e. The third kappa shape index (κ3) is 6.67. The molecule has 1 heterocycles. The monoisotopic (exact) mass is 498 g/mol. The number of nitro benzene ring substituents is 2. The number of rotatable bonds is 9. The fourth-order valence-electron chi connectivity index (χ4n) is 2.51. The van der Waals surface area contributed by atoms with Gasteiger partial charge in [-0.05, 0) is 30.3 Å². The normalized spacial score (nSPS) is 11.3. The van der Waals surface area contributed by atoms with Gasteiger partial charge >= 0.3 is 18.0 Å². The van der Waals surface area contributed by atoms with Gasteiger partial charge in [0.1, 0.15) is 0 Å². The highest BCUT2D eigenvalue weighted by Gasteiger charge is 2.19. The number of carbonyl (C=O) groups is 3. The van der Waals surface area contributed by atoms with E-state index >= 15 is 0 Å². The second-order valence-electron chi connectivity index (χ2n) is 6.51. The van der Waals surface area contributed by atoms with Crippen molar-refractivity contribution >= 4 is 35.8 Å². The van der Waals surface area contributed by atoms with Gasteiger partial charge in [-0.15, -0.1) is 0 Å². The molecule has 2 aromatic carbocycles. The first-order chi connectivity index (χ1) is 17.2. The van der Waals surface area contributed by atoms with Gasteiger partial charge in [0.15, 0.2) is 0 Å². The van der Waals surface area contributed by atoms with Crippen molar-refractivity contribution in [2.75, 3.05) is 0 Å². The number of hydrogen-bond acceptors (Lipinski definition) is 12. The first kappa shape index (κ1) is 25.0. The van der Waals surface area contributed by atoms with Crippen molar-refractivity contribution in [3.05, 3.63) is 98.3 Å². The molecule has 16 nitrogen and oxygen atoms in total. The fraction of sp³-hybridized carbons (Fsp3) is 0.0500. The van der Waals surface area contributed by atoms with E-state index in [2.05, 4.69) is 29.9 Å². The molecule has 36 heavy (non-hydrogen) atoms. The predicted molar refractivity (Wildman–Crippen MR) is 116 cm³/mol. The fourth-order valence-corrected chi connectivity index (χ4v) is 2.51. The lowest BCUT2D eigenvalue weighted by molar-refractivity contribution is -0.385. The smallest absolute Gasteiger partial charge is 0.372 e. The molecule has 184 valence electrons. The first-order valence-electron chi connectivity index (χ1n) is 9.64. The minimum atomic E-state index is -1.30. The van der Waals surface area contributed by atoms with E-state index in [0.717, 1.165) is 53.2 Å². The molecule has 1 aromatic heterocycles. The number of aromatic nitrogens is 2. The molecule has 0 saturated carbocycles. The lowest BCUT2D eigenvalue weighted by Gasteiger charge is -2.14. The van der Waals surface area contributed by atoms with E-state index in [-0.39, 0.29) is 22.5 Å². The van der Waals surface area contributed by atoms with E-state index in [4.69, 9.17) is 0 Å². The third-order valence-electron chi connectivity index (χ3n) is 4.20. The van der Waals surface area contributed by atoms with E-state index < -0.39 is 34.2 Å². The van der Waals surface area contributed by atoms with Crippen molar-refractivity contribution in [3.63, 3.8) is 0 Å². The lowest BCUT2D eigenvalue weighted by Crippen LogP contribution is -2.33. The molecule has 0 aliphatic carbocycles. The number of nitrogens with zero attached hydrogens (tertiary/aromatic N) is 5. The maximum absolute atomic E-state index is 12.2. The summed E-state index contributed by atoms with van der Waals surface area (Å²) in [6, 6.07) is 10.4. The molecule has 3 aromatic rings. The first-order valence-corrected chi connectivity index (χ1v) is 9.64. The summed E-state index contributed by atoms with van der Waals surface area (Å²) in [5.41, 5.74) is -0.625.